The van der Waals surface area contributed by atoms with Gasteiger partial charge in [-0.05, 0) is 50.6 Å². The number of hydrogen-bond acceptors (Lipinski definition) is 5. The number of aromatic nitrogens is 3. The van der Waals surface area contributed by atoms with Crippen LogP contribution in [0.3, 0.4) is 0 Å². The zero-order chi connectivity index (χ0) is 25.2. The van der Waals surface area contributed by atoms with Gasteiger partial charge >= 0.3 is 0 Å². The lowest BCUT2D eigenvalue weighted by Crippen LogP contribution is -2.49. The SMILES string of the molecule is CN1C(=O)[C@H](NC(=O)c2n[nH]c(Cc3ccccc3F)n2)COc2ccc(C#CC(C)(C)C)cc21. The van der Waals surface area contributed by atoms with Crippen LogP contribution in [0.25, 0.3) is 0 Å². The van der Waals surface area contributed by atoms with Gasteiger partial charge in [0.2, 0.25) is 5.82 Å². The molecule has 0 saturated heterocycles. The quantitative estimate of drug-likeness (QED) is 0.565. The monoisotopic (exact) mass is 475 g/mol. The Kier molecular flexibility index (Phi) is 6.56. The Balaban J connectivity index is 1.46. The molecule has 2 amide bonds. The second kappa shape index (κ2) is 9.58. The highest BCUT2D eigenvalue weighted by atomic mass is 19.1. The van der Waals surface area contributed by atoms with Gasteiger partial charge in [0.05, 0.1) is 5.69 Å². The maximum Gasteiger partial charge on any atom is 0.291 e. The molecule has 4 rings (SSSR count). The normalized spacial score (nSPS) is 15.4. The number of fused-ring (bicyclic) bond motifs is 1. The van der Waals surface area contributed by atoms with Gasteiger partial charge in [-0.15, -0.1) is 5.10 Å². The highest BCUT2D eigenvalue weighted by Crippen LogP contribution is 2.31. The third kappa shape index (κ3) is 5.66. The topological polar surface area (TPSA) is 100 Å². The number of ether oxygens (including phenoxy) is 1. The van der Waals surface area contributed by atoms with Gasteiger partial charge in [0.1, 0.15) is 30.0 Å². The fourth-order valence-electron chi connectivity index (χ4n) is 3.46. The molecule has 0 spiro atoms. The van der Waals surface area contributed by atoms with Gasteiger partial charge in [-0.1, -0.05) is 30.0 Å². The summed E-state index contributed by atoms with van der Waals surface area (Å²) >= 11 is 0. The van der Waals surface area contributed by atoms with Crippen LogP contribution in [0.4, 0.5) is 10.1 Å². The Labute approximate surface area is 202 Å². The molecule has 0 aliphatic carbocycles. The van der Waals surface area contributed by atoms with Crippen molar-refractivity contribution in [2.24, 2.45) is 5.41 Å². The molecular formula is C26H26FN5O3. The molecule has 0 unspecified atom stereocenters. The third-order valence-electron chi connectivity index (χ3n) is 5.29. The molecule has 1 atom stereocenters. The van der Waals surface area contributed by atoms with Crippen LogP contribution in [0.1, 0.15) is 48.3 Å². The zero-order valence-corrected chi connectivity index (χ0v) is 20.0. The molecule has 9 heteroatoms. The molecule has 180 valence electrons. The number of halogens is 1. The van der Waals surface area contributed by atoms with Crippen molar-refractivity contribution < 1.29 is 18.7 Å². The van der Waals surface area contributed by atoms with Crippen LogP contribution in [0.5, 0.6) is 5.75 Å². The van der Waals surface area contributed by atoms with Crippen molar-refractivity contribution in [1.82, 2.24) is 20.5 Å². The molecule has 3 aromatic rings. The smallest absolute Gasteiger partial charge is 0.291 e. The van der Waals surface area contributed by atoms with Crippen LogP contribution >= 0.6 is 0 Å². The molecule has 0 saturated carbocycles. The number of nitrogens with one attached hydrogen (secondary N) is 2. The summed E-state index contributed by atoms with van der Waals surface area (Å²) in [6, 6.07) is 10.7. The van der Waals surface area contributed by atoms with E-state index in [1.165, 1.54) is 11.0 Å². The van der Waals surface area contributed by atoms with Crippen LogP contribution in [-0.2, 0) is 11.2 Å². The Morgan fingerprint density at radius 1 is 1.29 bits per heavy atom. The van der Waals surface area contributed by atoms with Crippen molar-refractivity contribution in [3.05, 3.63) is 71.1 Å². The van der Waals surface area contributed by atoms with Gasteiger partial charge < -0.3 is 15.0 Å². The summed E-state index contributed by atoms with van der Waals surface area (Å²) in [5.74, 6) is 5.64. The summed E-state index contributed by atoms with van der Waals surface area (Å²) in [5, 5.41) is 9.20. The number of amides is 2. The number of hydrogen-bond donors (Lipinski definition) is 2. The van der Waals surface area contributed by atoms with Crippen molar-refractivity contribution in [1.29, 1.82) is 0 Å². The number of carbonyl (C=O) groups is 2. The first-order valence-corrected chi connectivity index (χ1v) is 11.1. The minimum absolute atomic E-state index is 0.0541. The van der Waals surface area contributed by atoms with Crippen LogP contribution in [0.15, 0.2) is 42.5 Å². The van der Waals surface area contributed by atoms with E-state index in [2.05, 4.69) is 32.3 Å². The van der Waals surface area contributed by atoms with Gasteiger partial charge in [0.25, 0.3) is 11.8 Å². The van der Waals surface area contributed by atoms with E-state index in [9.17, 15) is 14.0 Å². The Bertz CT molecular complexity index is 1330. The van der Waals surface area contributed by atoms with E-state index in [0.717, 1.165) is 5.56 Å². The van der Waals surface area contributed by atoms with Crippen molar-refractivity contribution in [3.8, 4) is 17.6 Å². The van der Waals surface area contributed by atoms with E-state index in [0.29, 0.717) is 22.8 Å². The fourth-order valence-corrected chi connectivity index (χ4v) is 3.46. The number of benzene rings is 2. The number of nitrogens with zero attached hydrogens (tertiary/aromatic N) is 3. The predicted octanol–water partition coefficient (Wildman–Crippen LogP) is 3.09. The van der Waals surface area contributed by atoms with Gasteiger partial charge in [-0.25, -0.2) is 9.37 Å². The molecule has 35 heavy (non-hydrogen) atoms. The van der Waals surface area contributed by atoms with E-state index in [-0.39, 0.29) is 36.0 Å². The maximum absolute atomic E-state index is 13.9. The summed E-state index contributed by atoms with van der Waals surface area (Å²) in [7, 11) is 1.62. The van der Waals surface area contributed by atoms with Crippen LogP contribution in [-0.4, -0.2) is 46.7 Å². The van der Waals surface area contributed by atoms with Gasteiger partial charge in [0, 0.05) is 24.4 Å². The molecular weight excluding hydrogens is 449 g/mol. The molecule has 0 bridgehead atoms. The fraction of sp³-hybridized carbons (Fsp3) is 0.308. The summed E-state index contributed by atoms with van der Waals surface area (Å²) < 4.78 is 19.7. The Morgan fingerprint density at radius 3 is 2.80 bits per heavy atom. The lowest BCUT2D eigenvalue weighted by atomic mass is 9.97. The molecule has 2 N–H and O–H groups in total. The average molecular weight is 476 g/mol. The van der Waals surface area contributed by atoms with Crippen LogP contribution in [0, 0.1) is 23.1 Å². The number of rotatable bonds is 4. The number of anilines is 1. The summed E-state index contributed by atoms with van der Waals surface area (Å²) in [5.41, 5.74) is 1.59. The third-order valence-corrected chi connectivity index (χ3v) is 5.29. The number of H-pyrrole nitrogens is 1. The van der Waals surface area contributed by atoms with Gasteiger partial charge in [-0.3, -0.25) is 14.7 Å². The van der Waals surface area contributed by atoms with E-state index in [1.807, 2.05) is 26.8 Å². The lowest BCUT2D eigenvalue weighted by Gasteiger charge is -2.20. The standard InChI is InChI=1S/C26H26FN5O3/c1-26(2,3)12-11-16-9-10-21-20(13-16)32(4)25(34)19(15-35-21)28-24(33)23-29-22(30-31-23)14-17-7-5-6-8-18(17)27/h5-10,13,19H,14-15H2,1-4H3,(H,28,33)(H,29,30,31)/t19-/m1/s1. The largest absolute Gasteiger partial charge is 0.489 e. The second-order valence-electron chi connectivity index (χ2n) is 9.29. The number of aromatic amines is 1. The van der Waals surface area contributed by atoms with E-state index in [4.69, 9.17) is 4.74 Å². The first-order valence-electron chi connectivity index (χ1n) is 11.1. The molecule has 8 nitrogen and oxygen atoms in total. The maximum atomic E-state index is 13.9. The Morgan fingerprint density at radius 2 is 2.06 bits per heavy atom. The highest BCUT2D eigenvalue weighted by molar-refractivity contribution is 6.02. The summed E-state index contributed by atoms with van der Waals surface area (Å²) in [6.07, 6.45) is 0.150. The number of carbonyl (C=O) groups excluding carboxylic acids is 2. The molecule has 1 aliphatic heterocycles. The van der Waals surface area contributed by atoms with Crippen molar-refractivity contribution in [2.45, 2.75) is 33.2 Å². The van der Waals surface area contributed by atoms with Gasteiger partial charge in [-0.2, -0.15) is 0 Å². The highest BCUT2D eigenvalue weighted by Gasteiger charge is 2.31. The summed E-state index contributed by atoms with van der Waals surface area (Å²) in [4.78, 5) is 31.4. The van der Waals surface area contributed by atoms with Crippen molar-refractivity contribution in [2.75, 3.05) is 18.6 Å². The molecule has 1 aliphatic rings. The minimum Gasteiger partial charge on any atom is -0.489 e. The van der Waals surface area contributed by atoms with E-state index < -0.39 is 11.9 Å². The molecule has 2 heterocycles. The van der Waals surface area contributed by atoms with Crippen LogP contribution < -0.4 is 15.0 Å². The number of likely N-dealkylation sites (N-methyl/N-ethyl adjacent to an activating group) is 1. The van der Waals surface area contributed by atoms with Gasteiger partial charge in [0.15, 0.2) is 0 Å². The average Bonchev–Trinajstić information content (AvgIpc) is 3.25. The minimum atomic E-state index is -0.947. The van der Waals surface area contributed by atoms with Crippen molar-refractivity contribution in [3.63, 3.8) is 0 Å². The van der Waals surface area contributed by atoms with Crippen molar-refractivity contribution >= 4 is 17.5 Å². The second-order valence-corrected chi connectivity index (χ2v) is 9.29. The zero-order valence-electron chi connectivity index (χ0n) is 20.0. The Hall–Kier alpha value is -4.19. The molecule has 0 radical (unpaired) electrons. The molecule has 2 aromatic carbocycles. The first kappa shape index (κ1) is 24.0. The summed E-state index contributed by atoms with van der Waals surface area (Å²) in [6.45, 7) is 6.01. The van der Waals surface area contributed by atoms with E-state index >= 15 is 0 Å². The van der Waals surface area contributed by atoms with Crippen LogP contribution in [0.2, 0.25) is 0 Å². The first-order chi connectivity index (χ1) is 16.6. The predicted molar refractivity (Wildman–Crippen MR) is 129 cm³/mol. The lowest BCUT2D eigenvalue weighted by molar-refractivity contribution is -0.120. The van der Waals surface area contributed by atoms with E-state index in [1.54, 1.807) is 37.4 Å². The molecule has 1 aromatic heterocycles. The molecule has 0 fully saturated rings.